The molecule has 0 spiro atoms. The monoisotopic (exact) mass is 615 g/mol. The number of anilines is 1. The van der Waals surface area contributed by atoms with E-state index in [1.807, 2.05) is 48.5 Å². The fraction of sp³-hybridized carbons (Fsp3) is 0.700. The molecule has 1 aliphatic rings. The van der Waals surface area contributed by atoms with Gasteiger partial charge in [0, 0.05) is 30.4 Å². The molecule has 2 unspecified atom stereocenters. The molecule has 0 heterocycles. The second kappa shape index (κ2) is 29.4. The van der Waals surface area contributed by atoms with E-state index in [9.17, 15) is 9.59 Å². The molecule has 0 fully saturated rings. The standard InChI is InChI=1S/C30H46N2O2.C4H10.3C2H6/c1-8-18-32(29-17-16-21(3)23(5)24(29)6)19-12-13-22(4)30(34)20-31-28-15-11-10-14-27(28)26(9-2)25(7)33;1-3-4-2;3*1-2/h9,16-17,22,26,31H,2,8,10-15,18-20H2,1,3-7H3;3-4H2,1-2H3;3*1-2H3. The van der Waals surface area contributed by atoms with Crippen molar-refractivity contribution in [2.75, 3.05) is 24.5 Å². The Morgan fingerprint density at radius 3 is 1.95 bits per heavy atom. The average molecular weight is 615 g/mol. The van der Waals surface area contributed by atoms with Crippen LogP contribution < -0.4 is 10.2 Å². The maximum Gasteiger partial charge on any atom is 0.154 e. The highest BCUT2D eigenvalue weighted by Gasteiger charge is 2.23. The Morgan fingerprint density at radius 1 is 0.886 bits per heavy atom. The third-order valence-corrected chi connectivity index (χ3v) is 8.01. The molecule has 0 bridgehead atoms. The zero-order valence-electron chi connectivity index (χ0n) is 31.8. The summed E-state index contributed by atoms with van der Waals surface area (Å²) in [6, 6.07) is 4.47. The van der Waals surface area contributed by atoms with Gasteiger partial charge in [-0.05, 0) is 101 Å². The molecule has 0 saturated heterocycles. The molecule has 44 heavy (non-hydrogen) atoms. The van der Waals surface area contributed by atoms with Gasteiger partial charge in [-0.25, -0.2) is 0 Å². The van der Waals surface area contributed by atoms with Crippen LogP contribution in [-0.4, -0.2) is 31.2 Å². The Hall–Kier alpha value is -2.36. The van der Waals surface area contributed by atoms with Gasteiger partial charge in [0.05, 0.1) is 12.5 Å². The summed E-state index contributed by atoms with van der Waals surface area (Å²) in [6.45, 7) is 35.0. The van der Waals surface area contributed by atoms with Crippen molar-refractivity contribution in [2.45, 2.75) is 155 Å². The number of allylic oxidation sites excluding steroid dienone is 3. The van der Waals surface area contributed by atoms with Crippen LogP contribution in [0.1, 0.15) is 151 Å². The smallest absolute Gasteiger partial charge is 0.154 e. The Morgan fingerprint density at radius 2 is 1.45 bits per heavy atom. The van der Waals surface area contributed by atoms with Gasteiger partial charge in [0.1, 0.15) is 5.78 Å². The highest BCUT2D eigenvalue weighted by molar-refractivity contribution is 5.84. The maximum absolute atomic E-state index is 12.9. The Labute approximate surface area is 275 Å². The SMILES string of the molecule is C=CC(C(C)=O)C1=C(NCC(=O)C(C)CCCN(CCC)c2ccc(C)c(C)c2C)CCCC1.CC.CC.CC.CCCC. The number of rotatable bonds is 15. The molecular formula is C40H74N2O2. The molecule has 0 saturated carbocycles. The quantitative estimate of drug-likeness (QED) is 0.200. The number of nitrogens with one attached hydrogen (secondary N) is 1. The van der Waals surface area contributed by atoms with Crippen molar-refractivity contribution in [1.29, 1.82) is 0 Å². The predicted molar refractivity (Wildman–Crippen MR) is 199 cm³/mol. The summed E-state index contributed by atoms with van der Waals surface area (Å²) < 4.78 is 0. The lowest BCUT2D eigenvalue weighted by Gasteiger charge is -2.28. The number of nitrogens with zero attached hydrogens (tertiary/aromatic N) is 1. The molecule has 1 N–H and O–H groups in total. The van der Waals surface area contributed by atoms with E-state index in [0.717, 1.165) is 69.3 Å². The number of hydrogen-bond donors (Lipinski definition) is 1. The molecule has 1 aromatic carbocycles. The summed E-state index contributed by atoms with van der Waals surface area (Å²) in [6.07, 6.45) is 11.4. The van der Waals surface area contributed by atoms with Crippen molar-refractivity contribution in [1.82, 2.24) is 5.32 Å². The number of ketones is 2. The summed E-state index contributed by atoms with van der Waals surface area (Å²) in [5.74, 6) is 0.169. The van der Waals surface area contributed by atoms with E-state index in [4.69, 9.17) is 0 Å². The second-order valence-corrected chi connectivity index (χ2v) is 11.0. The van der Waals surface area contributed by atoms with Crippen molar-refractivity contribution in [3.63, 3.8) is 0 Å². The minimum absolute atomic E-state index is 0.0208. The number of carbonyl (C=O) groups is 2. The largest absolute Gasteiger partial charge is 0.381 e. The lowest BCUT2D eigenvalue weighted by Crippen LogP contribution is -2.31. The highest BCUT2D eigenvalue weighted by atomic mass is 16.1. The van der Waals surface area contributed by atoms with Crippen molar-refractivity contribution in [2.24, 2.45) is 11.8 Å². The molecule has 0 aromatic heterocycles. The molecule has 0 aliphatic heterocycles. The number of hydrogen-bond acceptors (Lipinski definition) is 4. The minimum atomic E-state index is -0.228. The summed E-state index contributed by atoms with van der Waals surface area (Å²) in [4.78, 5) is 27.4. The van der Waals surface area contributed by atoms with Gasteiger partial charge in [0.15, 0.2) is 5.78 Å². The zero-order chi connectivity index (χ0) is 34.7. The fourth-order valence-corrected chi connectivity index (χ4v) is 5.05. The first-order chi connectivity index (χ1) is 21.1. The predicted octanol–water partition coefficient (Wildman–Crippen LogP) is 11.5. The van der Waals surface area contributed by atoms with Gasteiger partial charge < -0.3 is 10.2 Å². The van der Waals surface area contributed by atoms with Gasteiger partial charge in [-0.1, -0.05) is 94.2 Å². The molecule has 1 aliphatic carbocycles. The summed E-state index contributed by atoms with van der Waals surface area (Å²) in [5.41, 5.74) is 7.61. The van der Waals surface area contributed by atoms with Crippen LogP contribution in [0.4, 0.5) is 5.69 Å². The average Bonchev–Trinajstić information content (AvgIpc) is 3.05. The summed E-state index contributed by atoms with van der Waals surface area (Å²) >= 11 is 0. The Kier molecular flexibility index (Phi) is 30.7. The van der Waals surface area contributed by atoms with Gasteiger partial charge in [-0.2, -0.15) is 0 Å². The van der Waals surface area contributed by atoms with Crippen molar-refractivity contribution in [3.8, 4) is 0 Å². The number of carbonyl (C=O) groups excluding carboxylic acids is 2. The first-order valence-electron chi connectivity index (χ1n) is 18.1. The summed E-state index contributed by atoms with van der Waals surface area (Å²) in [7, 11) is 0. The van der Waals surface area contributed by atoms with Gasteiger partial charge >= 0.3 is 0 Å². The summed E-state index contributed by atoms with van der Waals surface area (Å²) in [5, 5.41) is 3.41. The highest BCUT2D eigenvalue weighted by Crippen LogP contribution is 2.30. The number of unbranched alkanes of at least 4 members (excludes halogenated alkanes) is 1. The van der Waals surface area contributed by atoms with Crippen LogP contribution >= 0.6 is 0 Å². The van der Waals surface area contributed by atoms with E-state index in [1.54, 1.807) is 13.0 Å². The molecule has 2 atom stereocenters. The Balaban J connectivity index is -0.00000150. The lowest BCUT2D eigenvalue weighted by atomic mass is 9.85. The van der Waals surface area contributed by atoms with Crippen molar-refractivity contribution >= 4 is 17.3 Å². The normalized spacial score (nSPS) is 13.1. The minimum Gasteiger partial charge on any atom is -0.381 e. The lowest BCUT2D eigenvalue weighted by molar-refractivity contribution is -0.121. The molecule has 1 aromatic rings. The van der Waals surface area contributed by atoms with Crippen molar-refractivity contribution in [3.05, 3.63) is 52.7 Å². The van der Waals surface area contributed by atoms with Crippen LogP contribution in [0.15, 0.2) is 36.1 Å². The molecule has 4 nitrogen and oxygen atoms in total. The van der Waals surface area contributed by atoms with Gasteiger partial charge in [0.25, 0.3) is 0 Å². The topological polar surface area (TPSA) is 49.4 Å². The van der Waals surface area contributed by atoms with E-state index < -0.39 is 0 Å². The molecule has 2 rings (SSSR count). The number of benzene rings is 1. The molecule has 4 heteroatoms. The van der Waals surface area contributed by atoms with Gasteiger partial charge in [0.2, 0.25) is 0 Å². The molecule has 256 valence electrons. The van der Waals surface area contributed by atoms with E-state index >= 15 is 0 Å². The molecular weight excluding hydrogens is 540 g/mol. The van der Waals surface area contributed by atoms with E-state index in [-0.39, 0.29) is 23.4 Å². The van der Waals surface area contributed by atoms with E-state index in [1.165, 1.54) is 35.2 Å². The Bertz CT molecular complexity index is 930. The van der Waals surface area contributed by atoms with E-state index in [0.29, 0.717) is 6.54 Å². The first-order valence-corrected chi connectivity index (χ1v) is 18.1. The maximum atomic E-state index is 12.9. The molecule has 0 amide bonds. The van der Waals surface area contributed by atoms with Crippen LogP contribution in [0.2, 0.25) is 0 Å². The van der Waals surface area contributed by atoms with Crippen LogP contribution in [0.25, 0.3) is 0 Å². The van der Waals surface area contributed by atoms with Crippen LogP contribution in [-0.2, 0) is 9.59 Å². The van der Waals surface area contributed by atoms with Crippen LogP contribution in [0, 0.1) is 32.6 Å². The zero-order valence-corrected chi connectivity index (χ0v) is 31.8. The second-order valence-electron chi connectivity index (χ2n) is 11.0. The van der Waals surface area contributed by atoms with Gasteiger partial charge in [-0.15, -0.1) is 6.58 Å². The third-order valence-electron chi connectivity index (χ3n) is 8.01. The third kappa shape index (κ3) is 17.2. The van der Waals surface area contributed by atoms with Crippen LogP contribution in [0.3, 0.4) is 0 Å². The van der Waals surface area contributed by atoms with Crippen LogP contribution in [0.5, 0.6) is 0 Å². The first kappa shape index (κ1) is 46.1. The number of Topliss-reactive ketones (excluding diaryl/α,β-unsaturated/α-hetero) is 2. The van der Waals surface area contributed by atoms with E-state index in [2.05, 4.69) is 70.5 Å². The van der Waals surface area contributed by atoms with Gasteiger partial charge in [-0.3, -0.25) is 9.59 Å². The van der Waals surface area contributed by atoms with Crippen molar-refractivity contribution < 1.29 is 9.59 Å². The molecule has 0 radical (unpaired) electrons. The number of aryl methyl sites for hydroxylation is 1. The fourth-order valence-electron chi connectivity index (χ4n) is 5.05.